The third-order valence-corrected chi connectivity index (χ3v) is 1.60. The highest BCUT2D eigenvalue weighted by atomic mass is 16.5. The van der Waals surface area contributed by atoms with E-state index in [0.717, 1.165) is 6.08 Å². The number of carbonyl (C=O) groups excluding carboxylic acids is 2. The van der Waals surface area contributed by atoms with Crippen LogP contribution in [0.5, 0.6) is 0 Å². The monoisotopic (exact) mass is 209 g/mol. The van der Waals surface area contributed by atoms with Gasteiger partial charge in [-0.05, 0) is 6.08 Å². The van der Waals surface area contributed by atoms with Crippen molar-refractivity contribution in [3.8, 4) is 0 Å². The molecule has 15 heavy (non-hydrogen) atoms. The molecule has 0 bridgehead atoms. The van der Waals surface area contributed by atoms with Crippen molar-refractivity contribution in [3.05, 3.63) is 25.0 Å². The maximum Gasteiger partial charge on any atom is 0.327 e. The van der Waals surface area contributed by atoms with Gasteiger partial charge in [0.05, 0.1) is 19.0 Å². The molecule has 0 spiro atoms. The van der Waals surface area contributed by atoms with Crippen molar-refractivity contribution in [2.24, 2.45) is 0 Å². The van der Waals surface area contributed by atoms with Gasteiger partial charge in [0.25, 0.3) is 0 Å². The molecule has 1 N–H and O–H groups in total. The van der Waals surface area contributed by atoms with E-state index in [0.29, 0.717) is 5.69 Å². The van der Waals surface area contributed by atoms with Crippen molar-refractivity contribution in [3.63, 3.8) is 0 Å². The van der Waals surface area contributed by atoms with Gasteiger partial charge in [-0.1, -0.05) is 6.58 Å². The Morgan fingerprint density at radius 1 is 1.73 bits per heavy atom. The number of amides is 1. The summed E-state index contributed by atoms with van der Waals surface area (Å²) < 4.78 is 5.83. The van der Waals surface area contributed by atoms with Crippen molar-refractivity contribution in [2.75, 3.05) is 12.4 Å². The summed E-state index contributed by atoms with van der Waals surface area (Å²) in [5, 5.41) is 6.37. The molecule has 6 nitrogen and oxygen atoms in total. The zero-order valence-corrected chi connectivity index (χ0v) is 8.27. The van der Waals surface area contributed by atoms with Crippen LogP contribution in [-0.2, 0) is 20.9 Å². The highest BCUT2D eigenvalue weighted by Crippen LogP contribution is 2.04. The Kier molecular flexibility index (Phi) is 3.61. The molecule has 0 aliphatic carbocycles. The maximum atomic E-state index is 10.9. The molecule has 0 aliphatic rings. The minimum absolute atomic E-state index is 0.0143. The Hall–Kier alpha value is -2.11. The van der Waals surface area contributed by atoms with Crippen LogP contribution in [0.15, 0.2) is 25.0 Å². The Morgan fingerprint density at radius 3 is 3.07 bits per heavy atom. The van der Waals surface area contributed by atoms with Gasteiger partial charge in [0.15, 0.2) is 0 Å². The Balaban J connectivity index is 2.60. The quantitative estimate of drug-likeness (QED) is 0.567. The molecule has 1 aromatic rings. The molecule has 0 saturated heterocycles. The molecule has 0 radical (unpaired) electrons. The SMILES string of the molecule is C=CC(=O)Nc1cnn(CC(=O)OC)c1. The lowest BCUT2D eigenvalue weighted by Gasteiger charge is -1.98. The van der Waals surface area contributed by atoms with E-state index in [1.807, 2.05) is 0 Å². The number of nitrogens with one attached hydrogen (secondary N) is 1. The molecule has 6 heteroatoms. The predicted molar refractivity (Wildman–Crippen MR) is 53.1 cm³/mol. The average molecular weight is 209 g/mol. The van der Waals surface area contributed by atoms with E-state index >= 15 is 0 Å². The van der Waals surface area contributed by atoms with E-state index in [-0.39, 0.29) is 12.5 Å². The smallest absolute Gasteiger partial charge is 0.327 e. The van der Waals surface area contributed by atoms with Crippen LogP contribution in [0.4, 0.5) is 5.69 Å². The number of anilines is 1. The molecular formula is C9H11N3O3. The summed E-state index contributed by atoms with van der Waals surface area (Å²) in [4.78, 5) is 21.8. The molecule has 0 atom stereocenters. The number of aromatic nitrogens is 2. The van der Waals surface area contributed by atoms with Crippen molar-refractivity contribution in [1.82, 2.24) is 9.78 Å². The Labute approximate surface area is 86.5 Å². The molecule has 1 amide bonds. The molecular weight excluding hydrogens is 198 g/mol. The summed E-state index contributed by atoms with van der Waals surface area (Å²) in [5.41, 5.74) is 0.504. The van der Waals surface area contributed by atoms with E-state index in [1.54, 1.807) is 0 Å². The molecule has 80 valence electrons. The topological polar surface area (TPSA) is 73.2 Å². The molecule has 1 aromatic heterocycles. The Morgan fingerprint density at radius 2 is 2.47 bits per heavy atom. The van der Waals surface area contributed by atoms with Crippen LogP contribution in [0, 0.1) is 0 Å². The third kappa shape index (κ3) is 3.26. The molecule has 0 saturated carbocycles. The summed E-state index contributed by atoms with van der Waals surface area (Å²) in [6.45, 7) is 3.33. The fraction of sp³-hybridized carbons (Fsp3) is 0.222. The van der Waals surface area contributed by atoms with Gasteiger partial charge in [0.2, 0.25) is 5.91 Å². The molecule has 0 aliphatic heterocycles. The van der Waals surface area contributed by atoms with Gasteiger partial charge in [0, 0.05) is 6.20 Å². The first-order valence-electron chi connectivity index (χ1n) is 4.18. The van der Waals surface area contributed by atoms with E-state index in [1.165, 1.54) is 24.2 Å². The summed E-state index contributed by atoms with van der Waals surface area (Å²) in [7, 11) is 1.30. The number of carbonyl (C=O) groups is 2. The lowest BCUT2D eigenvalue weighted by Crippen LogP contribution is -2.11. The minimum atomic E-state index is -0.403. The van der Waals surface area contributed by atoms with Crippen LogP contribution in [0.1, 0.15) is 0 Å². The predicted octanol–water partition coefficient (Wildman–Crippen LogP) is 0.181. The zero-order chi connectivity index (χ0) is 11.3. The van der Waals surface area contributed by atoms with Gasteiger partial charge in [-0.3, -0.25) is 14.3 Å². The van der Waals surface area contributed by atoms with Gasteiger partial charge in [-0.2, -0.15) is 5.10 Å². The lowest BCUT2D eigenvalue weighted by molar-refractivity contribution is -0.141. The molecule has 0 fully saturated rings. The summed E-state index contributed by atoms with van der Waals surface area (Å²) >= 11 is 0. The fourth-order valence-electron chi connectivity index (χ4n) is 0.905. The van der Waals surface area contributed by atoms with Crippen LogP contribution in [0.3, 0.4) is 0 Å². The second-order valence-electron chi connectivity index (χ2n) is 2.70. The number of esters is 1. The van der Waals surface area contributed by atoms with Crippen LogP contribution in [0.2, 0.25) is 0 Å². The third-order valence-electron chi connectivity index (χ3n) is 1.60. The summed E-state index contributed by atoms with van der Waals surface area (Å²) in [6.07, 6.45) is 4.11. The first kappa shape index (κ1) is 11.0. The zero-order valence-electron chi connectivity index (χ0n) is 8.27. The second-order valence-corrected chi connectivity index (χ2v) is 2.70. The van der Waals surface area contributed by atoms with Crippen molar-refractivity contribution >= 4 is 17.6 Å². The number of methoxy groups -OCH3 is 1. The van der Waals surface area contributed by atoms with E-state index < -0.39 is 5.97 Å². The molecule has 1 heterocycles. The van der Waals surface area contributed by atoms with Gasteiger partial charge in [-0.15, -0.1) is 0 Å². The first-order valence-corrected chi connectivity index (χ1v) is 4.18. The van der Waals surface area contributed by atoms with Crippen molar-refractivity contribution in [2.45, 2.75) is 6.54 Å². The van der Waals surface area contributed by atoms with E-state index in [4.69, 9.17) is 0 Å². The molecule has 0 unspecified atom stereocenters. The van der Waals surface area contributed by atoms with Crippen molar-refractivity contribution < 1.29 is 14.3 Å². The highest BCUT2D eigenvalue weighted by Gasteiger charge is 2.04. The number of ether oxygens (including phenoxy) is 1. The van der Waals surface area contributed by atoms with Gasteiger partial charge < -0.3 is 10.1 Å². The lowest BCUT2D eigenvalue weighted by atomic mass is 10.5. The number of rotatable bonds is 4. The van der Waals surface area contributed by atoms with Crippen LogP contribution >= 0.6 is 0 Å². The van der Waals surface area contributed by atoms with Crippen molar-refractivity contribution in [1.29, 1.82) is 0 Å². The van der Waals surface area contributed by atoms with Crippen LogP contribution in [0.25, 0.3) is 0 Å². The van der Waals surface area contributed by atoms with Crippen LogP contribution in [-0.4, -0.2) is 28.8 Å². The first-order chi connectivity index (χ1) is 7.15. The maximum absolute atomic E-state index is 10.9. The largest absolute Gasteiger partial charge is 0.468 e. The number of hydrogen-bond acceptors (Lipinski definition) is 4. The second kappa shape index (κ2) is 4.94. The van der Waals surface area contributed by atoms with Gasteiger partial charge >= 0.3 is 5.97 Å². The summed E-state index contributed by atoms with van der Waals surface area (Å²) in [6, 6.07) is 0. The standard InChI is InChI=1S/C9H11N3O3/c1-3-8(13)11-7-4-10-12(5-7)6-9(14)15-2/h3-5H,1,6H2,2H3,(H,11,13). The summed E-state index contributed by atoms with van der Waals surface area (Å²) in [5.74, 6) is -0.729. The number of hydrogen-bond donors (Lipinski definition) is 1. The highest BCUT2D eigenvalue weighted by molar-refractivity contribution is 5.98. The molecule has 0 aromatic carbocycles. The number of nitrogens with zero attached hydrogens (tertiary/aromatic N) is 2. The minimum Gasteiger partial charge on any atom is -0.468 e. The van der Waals surface area contributed by atoms with Crippen LogP contribution < -0.4 is 5.32 Å². The van der Waals surface area contributed by atoms with E-state index in [2.05, 4.69) is 21.7 Å². The van der Waals surface area contributed by atoms with Gasteiger partial charge in [-0.25, -0.2) is 0 Å². The average Bonchev–Trinajstić information content (AvgIpc) is 2.65. The normalized spacial score (nSPS) is 9.40. The Bertz CT molecular complexity index is 384. The fourth-order valence-corrected chi connectivity index (χ4v) is 0.905. The molecule has 1 rings (SSSR count). The van der Waals surface area contributed by atoms with E-state index in [9.17, 15) is 9.59 Å². The van der Waals surface area contributed by atoms with Gasteiger partial charge in [0.1, 0.15) is 6.54 Å².